The second-order valence-corrected chi connectivity index (χ2v) is 6.93. The van der Waals surface area contributed by atoms with E-state index in [1.807, 2.05) is 31.2 Å². The van der Waals surface area contributed by atoms with E-state index in [0.717, 1.165) is 11.3 Å². The standard InChI is InChI=1S/C14H23NO3S/c1-3-18-14-10-6-5-8-12(14)13(15)9-7-11-19(16,17)4-2/h5-6,8,10,13H,3-4,7,9,11,15H2,1-2H3. The SMILES string of the molecule is CCOc1ccccc1C(N)CCCS(=O)(=O)CC. The molecule has 0 spiro atoms. The third-order valence-electron chi connectivity index (χ3n) is 3.03. The lowest BCUT2D eigenvalue weighted by Crippen LogP contribution is -2.15. The van der Waals surface area contributed by atoms with Gasteiger partial charge in [-0.15, -0.1) is 0 Å². The highest BCUT2D eigenvalue weighted by Crippen LogP contribution is 2.26. The van der Waals surface area contributed by atoms with Crippen LogP contribution in [0, 0.1) is 0 Å². The predicted molar refractivity (Wildman–Crippen MR) is 78.1 cm³/mol. The number of nitrogens with two attached hydrogens (primary N) is 1. The van der Waals surface area contributed by atoms with Gasteiger partial charge in [0.1, 0.15) is 15.6 Å². The Balaban J connectivity index is 2.61. The normalized spacial score (nSPS) is 13.2. The van der Waals surface area contributed by atoms with Gasteiger partial charge >= 0.3 is 0 Å². The van der Waals surface area contributed by atoms with Crippen molar-refractivity contribution in [1.82, 2.24) is 0 Å². The summed E-state index contributed by atoms with van der Waals surface area (Å²) in [6.07, 6.45) is 1.22. The van der Waals surface area contributed by atoms with Gasteiger partial charge in [0.25, 0.3) is 0 Å². The third kappa shape index (κ3) is 5.20. The van der Waals surface area contributed by atoms with E-state index in [0.29, 0.717) is 19.4 Å². The van der Waals surface area contributed by atoms with E-state index < -0.39 is 9.84 Å². The fourth-order valence-electron chi connectivity index (χ4n) is 1.90. The first-order chi connectivity index (χ1) is 9.00. The van der Waals surface area contributed by atoms with E-state index in [2.05, 4.69) is 0 Å². The summed E-state index contributed by atoms with van der Waals surface area (Å²) >= 11 is 0. The van der Waals surface area contributed by atoms with Crippen LogP contribution in [-0.4, -0.2) is 26.5 Å². The second kappa shape index (κ2) is 7.50. The highest BCUT2D eigenvalue weighted by Gasteiger charge is 2.13. The molecule has 0 aliphatic heterocycles. The number of benzene rings is 1. The lowest BCUT2D eigenvalue weighted by atomic mass is 10.0. The summed E-state index contributed by atoms with van der Waals surface area (Å²) in [5, 5.41) is 0. The molecule has 0 amide bonds. The van der Waals surface area contributed by atoms with Crippen molar-refractivity contribution in [3.05, 3.63) is 29.8 Å². The highest BCUT2D eigenvalue weighted by atomic mass is 32.2. The fraction of sp³-hybridized carbons (Fsp3) is 0.571. The largest absolute Gasteiger partial charge is 0.494 e. The molecule has 0 saturated carbocycles. The molecule has 19 heavy (non-hydrogen) atoms. The molecule has 0 heterocycles. The molecule has 2 N–H and O–H groups in total. The van der Waals surface area contributed by atoms with Crippen molar-refractivity contribution in [3.8, 4) is 5.75 Å². The zero-order valence-electron chi connectivity index (χ0n) is 11.6. The van der Waals surface area contributed by atoms with E-state index in [9.17, 15) is 8.42 Å². The maximum absolute atomic E-state index is 11.4. The molecule has 0 aliphatic carbocycles. The lowest BCUT2D eigenvalue weighted by Gasteiger charge is -2.16. The van der Waals surface area contributed by atoms with Crippen molar-refractivity contribution in [2.45, 2.75) is 32.7 Å². The summed E-state index contributed by atoms with van der Waals surface area (Å²) in [5.41, 5.74) is 7.06. The molecule has 0 aromatic heterocycles. The summed E-state index contributed by atoms with van der Waals surface area (Å²) < 4.78 is 28.4. The van der Waals surface area contributed by atoms with E-state index >= 15 is 0 Å². The molecule has 1 unspecified atom stereocenters. The molecule has 4 nitrogen and oxygen atoms in total. The van der Waals surface area contributed by atoms with Gasteiger partial charge in [-0.2, -0.15) is 0 Å². The molecular weight excluding hydrogens is 262 g/mol. The molecular formula is C14H23NO3S. The maximum atomic E-state index is 11.4. The summed E-state index contributed by atoms with van der Waals surface area (Å²) in [5.74, 6) is 1.18. The van der Waals surface area contributed by atoms with Gasteiger partial charge in [-0.1, -0.05) is 25.1 Å². The number of rotatable bonds is 8. The quantitative estimate of drug-likeness (QED) is 0.795. The van der Waals surface area contributed by atoms with Crippen LogP contribution in [-0.2, 0) is 9.84 Å². The predicted octanol–water partition coefficient (Wildman–Crippen LogP) is 2.30. The summed E-state index contributed by atoms with van der Waals surface area (Å²) in [4.78, 5) is 0. The fourth-order valence-corrected chi connectivity index (χ4v) is 2.79. The Hall–Kier alpha value is -1.07. The third-order valence-corrected chi connectivity index (χ3v) is 4.82. The Morgan fingerprint density at radius 2 is 1.95 bits per heavy atom. The minimum atomic E-state index is -2.90. The van der Waals surface area contributed by atoms with Gasteiger partial charge in [0, 0.05) is 17.4 Å². The van der Waals surface area contributed by atoms with E-state index in [1.165, 1.54) is 0 Å². The molecule has 1 rings (SSSR count). The van der Waals surface area contributed by atoms with Gasteiger partial charge in [0.15, 0.2) is 0 Å². The average molecular weight is 285 g/mol. The smallest absolute Gasteiger partial charge is 0.150 e. The van der Waals surface area contributed by atoms with Crippen molar-refractivity contribution in [2.24, 2.45) is 5.73 Å². The molecule has 0 aliphatic rings. The van der Waals surface area contributed by atoms with E-state index in [1.54, 1.807) is 6.92 Å². The molecule has 0 radical (unpaired) electrons. The van der Waals surface area contributed by atoms with Crippen LogP contribution in [0.3, 0.4) is 0 Å². The van der Waals surface area contributed by atoms with Crippen LogP contribution in [0.25, 0.3) is 0 Å². The molecule has 1 aromatic rings. The highest BCUT2D eigenvalue weighted by molar-refractivity contribution is 7.91. The van der Waals surface area contributed by atoms with Crippen LogP contribution >= 0.6 is 0 Å². The lowest BCUT2D eigenvalue weighted by molar-refractivity contribution is 0.333. The van der Waals surface area contributed by atoms with E-state index in [-0.39, 0.29) is 17.5 Å². The Morgan fingerprint density at radius 3 is 2.58 bits per heavy atom. The van der Waals surface area contributed by atoms with Gasteiger partial charge in [-0.05, 0) is 25.8 Å². The minimum Gasteiger partial charge on any atom is -0.494 e. The molecule has 108 valence electrons. The first kappa shape index (κ1) is 16.0. The van der Waals surface area contributed by atoms with Gasteiger partial charge in [0.05, 0.1) is 12.4 Å². The van der Waals surface area contributed by atoms with E-state index in [4.69, 9.17) is 10.5 Å². The number of sulfone groups is 1. The van der Waals surface area contributed by atoms with Gasteiger partial charge < -0.3 is 10.5 Å². The topological polar surface area (TPSA) is 69.4 Å². The molecule has 0 fully saturated rings. The molecule has 5 heteroatoms. The average Bonchev–Trinajstić information content (AvgIpc) is 2.39. The van der Waals surface area contributed by atoms with Crippen LogP contribution < -0.4 is 10.5 Å². The van der Waals surface area contributed by atoms with Crippen molar-refractivity contribution < 1.29 is 13.2 Å². The van der Waals surface area contributed by atoms with Crippen LogP contribution in [0.2, 0.25) is 0 Å². The van der Waals surface area contributed by atoms with Crippen LogP contribution in [0.1, 0.15) is 38.3 Å². The summed E-state index contributed by atoms with van der Waals surface area (Å²) in [6.45, 7) is 4.18. The monoisotopic (exact) mass is 285 g/mol. The van der Waals surface area contributed by atoms with Gasteiger partial charge in [0.2, 0.25) is 0 Å². The summed E-state index contributed by atoms with van der Waals surface area (Å²) in [7, 11) is -2.90. The first-order valence-electron chi connectivity index (χ1n) is 6.68. The number of para-hydroxylation sites is 1. The maximum Gasteiger partial charge on any atom is 0.150 e. The van der Waals surface area contributed by atoms with Crippen LogP contribution in [0.15, 0.2) is 24.3 Å². The number of ether oxygens (including phenoxy) is 1. The molecule has 0 saturated heterocycles. The number of hydrogen-bond donors (Lipinski definition) is 1. The van der Waals surface area contributed by atoms with Gasteiger partial charge in [-0.3, -0.25) is 0 Å². The van der Waals surface area contributed by atoms with Crippen LogP contribution in [0.5, 0.6) is 5.75 Å². The first-order valence-corrected chi connectivity index (χ1v) is 8.50. The van der Waals surface area contributed by atoms with Crippen molar-refractivity contribution in [3.63, 3.8) is 0 Å². The molecule has 0 bridgehead atoms. The number of hydrogen-bond acceptors (Lipinski definition) is 4. The molecule has 1 aromatic carbocycles. The Labute approximate surface area is 115 Å². The van der Waals surface area contributed by atoms with Crippen LogP contribution in [0.4, 0.5) is 0 Å². The zero-order valence-corrected chi connectivity index (χ0v) is 12.4. The second-order valence-electron chi connectivity index (χ2n) is 4.46. The molecule has 1 atom stereocenters. The summed E-state index contributed by atoms with van der Waals surface area (Å²) in [6, 6.07) is 7.46. The van der Waals surface area contributed by atoms with Crippen molar-refractivity contribution in [2.75, 3.05) is 18.1 Å². The minimum absolute atomic E-state index is 0.185. The van der Waals surface area contributed by atoms with Crippen molar-refractivity contribution >= 4 is 9.84 Å². The van der Waals surface area contributed by atoms with Gasteiger partial charge in [-0.25, -0.2) is 8.42 Å². The van der Waals surface area contributed by atoms with Crippen molar-refractivity contribution in [1.29, 1.82) is 0 Å². The Kier molecular flexibility index (Phi) is 6.31. The Bertz CT molecular complexity index is 485. The Morgan fingerprint density at radius 1 is 1.26 bits per heavy atom. The zero-order chi connectivity index (χ0) is 14.3.